The minimum atomic E-state index is -4.16. The molecule has 212 valence electrons. The van der Waals surface area contributed by atoms with Crippen molar-refractivity contribution in [1.82, 2.24) is 5.43 Å². The number of methoxy groups -OCH3 is 2. The van der Waals surface area contributed by atoms with Crippen LogP contribution in [0.4, 0.5) is 0 Å². The molecule has 4 aromatic carbocycles. The Balaban J connectivity index is 1.44. The number of rotatable bonds is 11. The van der Waals surface area contributed by atoms with Crippen LogP contribution < -0.4 is 23.8 Å². The number of nitrogens with zero attached hydrogens (tertiary/aromatic N) is 1. The van der Waals surface area contributed by atoms with Crippen LogP contribution in [0.25, 0.3) is 0 Å². The second-order valence-corrected chi connectivity index (χ2v) is 11.2. The second kappa shape index (κ2) is 13.5. The van der Waals surface area contributed by atoms with Gasteiger partial charge in [0, 0.05) is 10.6 Å². The Kier molecular flexibility index (Phi) is 9.87. The lowest BCUT2D eigenvalue weighted by molar-refractivity contribution is 0.0954. The molecule has 0 unspecified atom stereocenters. The van der Waals surface area contributed by atoms with Crippen LogP contribution >= 0.6 is 27.5 Å². The van der Waals surface area contributed by atoms with Gasteiger partial charge in [-0.15, -0.1) is 0 Å². The van der Waals surface area contributed by atoms with Crippen LogP contribution in [0.3, 0.4) is 0 Å². The maximum atomic E-state index is 12.7. The number of carbonyl (C=O) groups excluding carboxylic acids is 1. The van der Waals surface area contributed by atoms with Crippen molar-refractivity contribution in [2.75, 3.05) is 14.2 Å². The summed E-state index contributed by atoms with van der Waals surface area (Å²) >= 11 is 9.16. The largest absolute Gasteiger partial charge is 0.493 e. The second-order valence-electron chi connectivity index (χ2n) is 8.36. The van der Waals surface area contributed by atoms with E-state index in [4.69, 9.17) is 30.0 Å². The molecule has 9 nitrogen and oxygen atoms in total. The van der Waals surface area contributed by atoms with Gasteiger partial charge in [-0.2, -0.15) is 13.5 Å². The van der Waals surface area contributed by atoms with Gasteiger partial charge in [0.2, 0.25) is 0 Å². The van der Waals surface area contributed by atoms with E-state index in [-0.39, 0.29) is 20.9 Å². The van der Waals surface area contributed by atoms with Crippen LogP contribution in [0.5, 0.6) is 23.0 Å². The highest BCUT2D eigenvalue weighted by Crippen LogP contribution is 2.38. The molecule has 0 saturated heterocycles. The van der Waals surface area contributed by atoms with Gasteiger partial charge in [-0.1, -0.05) is 41.9 Å². The monoisotopic (exact) mass is 658 g/mol. The minimum absolute atomic E-state index is 0.0506. The lowest BCUT2D eigenvalue weighted by Gasteiger charge is -2.13. The molecule has 0 aliphatic rings. The molecule has 0 aromatic heterocycles. The van der Waals surface area contributed by atoms with Gasteiger partial charge in [-0.3, -0.25) is 4.79 Å². The van der Waals surface area contributed by atoms with E-state index >= 15 is 0 Å². The zero-order valence-electron chi connectivity index (χ0n) is 21.8. The Morgan fingerprint density at radius 3 is 2.32 bits per heavy atom. The van der Waals surface area contributed by atoms with Gasteiger partial charge in [0.05, 0.1) is 24.9 Å². The first-order valence-electron chi connectivity index (χ1n) is 12.0. The Bertz CT molecular complexity index is 1670. The first kappa shape index (κ1) is 29.9. The quantitative estimate of drug-likeness (QED) is 0.115. The van der Waals surface area contributed by atoms with Gasteiger partial charge in [0.1, 0.15) is 11.5 Å². The highest BCUT2D eigenvalue weighted by Gasteiger charge is 2.22. The van der Waals surface area contributed by atoms with E-state index in [9.17, 15) is 13.2 Å². The van der Waals surface area contributed by atoms with Crippen molar-refractivity contribution in [3.63, 3.8) is 0 Å². The van der Waals surface area contributed by atoms with Crippen LogP contribution in [0.2, 0.25) is 5.02 Å². The van der Waals surface area contributed by atoms with E-state index in [0.717, 1.165) is 5.56 Å². The first-order valence-corrected chi connectivity index (χ1v) is 14.5. The summed E-state index contributed by atoms with van der Waals surface area (Å²) in [5.41, 5.74) is 4.25. The van der Waals surface area contributed by atoms with E-state index in [1.165, 1.54) is 50.8 Å². The van der Waals surface area contributed by atoms with Crippen molar-refractivity contribution < 1.29 is 31.6 Å². The molecule has 0 bridgehead atoms. The fourth-order valence-electron chi connectivity index (χ4n) is 3.55. The van der Waals surface area contributed by atoms with E-state index in [1.54, 1.807) is 24.3 Å². The molecule has 41 heavy (non-hydrogen) atoms. The number of hydrazone groups is 1. The van der Waals surface area contributed by atoms with Crippen LogP contribution in [-0.4, -0.2) is 34.8 Å². The molecule has 0 aliphatic carbocycles. The van der Waals surface area contributed by atoms with E-state index in [1.807, 2.05) is 30.3 Å². The maximum Gasteiger partial charge on any atom is 0.339 e. The SMILES string of the molecule is COc1cc(C(=O)N/N=C/c2cc(Br)c(OS(=O)(=O)c3ccc(Cl)cc3)c(OC)c2)ccc1OCc1ccccc1. The number of amides is 1. The predicted molar refractivity (Wildman–Crippen MR) is 159 cm³/mol. The summed E-state index contributed by atoms with van der Waals surface area (Å²) in [6, 6.07) is 23.1. The van der Waals surface area contributed by atoms with Gasteiger partial charge in [0.15, 0.2) is 23.0 Å². The zero-order valence-corrected chi connectivity index (χ0v) is 25.0. The van der Waals surface area contributed by atoms with Crippen LogP contribution in [0.1, 0.15) is 21.5 Å². The number of carbonyl (C=O) groups is 1. The summed E-state index contributed by atoms with van der Waals surface area (Å²) in [6.45, 7) is 0.350. The lowest BCUT2D eigenvalue weighted by atomic mass is 10.2. The maximum absolute atomic E-state index is 12.7. The van der Waals surface area contributed by atoms with Crippen molar-refractivity contribution in [3.05, 3.63) is 111 Å². The molecule has 0 aliphatic heterocycles. The molecular weight excluding hydrogens is 636 g/mol. The first-order chi connectivity index (χ1) is 19.7. The van der Waals surface area contributed by atoms with Crippen molar-refractivity contribution >= 4 is 49.8 Å². The summed E-state index contributed by atoms with van der Waals surface area (Å²) in [5, 5.41) is 4.40. The van der Waals surface area contributed by atoms with Gasteiger partial charge in [-0.25, -0.2) is 5.43 Å². The molecule has 4 rings (SSSR count). The third kappa shape index (κ3) is 7.78. The van der Waals surface area contributed by atoms with Crippen LogP contribution in [-0.2, 0) is 16.7 Å². The molecule has 0 saturated carbocycles. The molecule has 0 atom stereocenters. The van der Waals surface area contributed by atoms with Gasteiger partial charge < -0.3 is 18.4 Å². The minimum Gasteiger partial charge on any atom is -0.493 e. The topological polar surface area (TPSA) is 113 Å². The third-order valence-electron chi connectivity index (χ3n) is 5.59. The molecule has 0 fully saturated rings. The highest BCUT2D eigenvalue weighted by atomic mass is 79.9. The summed E-state index contributed by atoms with van der Waals surface area (Å²) < 4.78 is 47.7. The van der Waals surface area contributed by atoms with E-state index in [2.05, 4.69) is 26.5 Å². The Labute approximate surface area is 250 Å². The highest BCUT2D eigenvalue weighted by molar-refractivity contribution is 9.10. The fraction of sp³-hybridized carbons (Fsp3) is 0.103. The van der Waals surface area contributed by atoms with Crippen LogP contribution in [0.15, 0.2) is 99.4 Å². The summed E-state index contributed by atoms with van der Waals surface area (Å²) in [5.74, 6) is 0.490. The molecule has 4 aromatic rings. The normalized spacial score (nSPS) is 11.2. The molecule has 0 spiro atoms. The summed E-state index contributed by atoms with van der Waals surface area (Å²) in [6.07, 6.45) is 1.37. The van der Waals surface area contributed by atoms with Crippen molar-refractivity contribution in [3.8, 4) is 23.0 Å². The average molecular weight is 660 g/mol. The molecule has 1 amide bonds. The standard InChI is InChI=1S/C29H24BrClN2O7S/c1-37-26-16-21(8-13-25(26)39-18-19-6-4-3-5-7-19)29(34)33-32-17-20-14-24(30)28(27(15-20)38-2)40-41(35,36)23-11-9-22(31)10-12-23/h3-17H,18H2,1-2H3,(H,33,34)/b32-17+. The van der Waals surface area contributed by atoms with Gasteiger partial charge in [-0.05, 0) is 81.7 Å². The number of hydrogen-bond acceptors (Lipinski definition) is 8. The average Bonchev–Trinajstić information content (AvgIpc) is 2.97. The van der Waals surface area contributed by atoms with Gasteiger partial charge >= 0.3 is 10.1 Å². The zero-order chi connectivity index (χ0) is 29.4. The number of halogens is 2. The van der Waals surface area contributed by atoms with Crippen molar-refractivity contribution in [2.24, 2.45) is 5.10 Å². The Morgan fingerprint density at radius 1 is 0.927 bits per heavy atom. The predicted octanol–water partition coefficient (Wildman–Crippen LogP) is 6.23. The Hall–Kier alpha value is -4.06. The smallest absolute Gasteiger partial charge is 0.339 e. The fourth-order valence-corrected chi connectivity index (χ4v) is 5.28. The number of nitrogens with one attached hydrogen (secondary N) is 1. The summed E-state index contributed by atoms with van der Waals surface area (Å²) in [4.78, 5) is 12.6. The Morgan fingerprint density at radius 2 is 1.63 bits per heavy atom. The number of ether oxygens (including phenoxy) is 3. The molecule has 12 heteroatoms. The van der Waals surface area contributed by atoms with Crippen molar-refractivity contribution in [2.45, 2.75) is 11.5 Å². The summed E-state index contributed by atoms with van der Waals surface area (Å²) in [7, 11) is -1.30. The van der Waals surface area contributed by atoms with Crippen molar-refractivity contribution in [1.29, 1.82) is 0 Å². The molecule has 0 radical (unpaired) electrons. The lowest BCUT2D eigenvalue weighted by Crippen LogP contribution is -2.17. The third-order valence-corrected chi connectivity index (χ3v) is 7.67. The number of hydrogen-bond donors (Lipinski definition) is 1. The molecular formula is C29H24BrClN2O7S. The molecule has 0 heterocycles. The van der Waals surface area contributed by atoms with E-state index in [0.29, 0.717) is 34.3 Å². The van der Waals surface area contributed by atoms with E-state index < -0.39 is 16.0 Å². The molecule has 1 N–H and O–H groups in total. The van der Waals surface area contributed by atoms with Crippen LogP contribution in [0, 0.1) is 0 Å². The number of benzene rings is 4. The van der Waals surface area contributed by atoms with Gasteiger partial charge in [0.25, 0.3) is 5.91 Å².